The maximum absolute atomic E-state index is 13.1. The van der Waals surface area contributed by atoms with Crippen LogP contribution in [0.5, 0.6) is 11.5 Å². The number of aliphatic hydroxyl groups excluding tert-OH is 3. The maximum Gasteiger partial charge on any atom is 0.247 e. The van der Waals surface area contributed by atoms with Crippen LogP contribution < -0.4 is 14.8 Å². The fourth-order valence-electron chi connectivity index (χ4n) is 5.17. The number of benzene rings is 1. The molecule has 1 aromatic rings. The zero-order chi connectivity index (χ0) is 26.9. The Bertz CT molecular complexity index is 964. The van der Waals surface area contributed by atoms with Gasteiger partial charge >= 0.3 is 0 Å². The van der Waals surface area contributed by atoms with Gasteiger partial charge in [-0.25, -0.2) is 0 Å². The Morgan fingerprint density at radius 1 is 1.19 bits per heavy atom. The first-order chi connectivity index (χ1) is 17.8. The second-order valence-corrected chi connectivity index (χ2v) is 10.8. The quantitative estimate of drug-likeness (QED) is 0.277. The van der Waals surface area contributed by atoms with Crippen molar-refractivity contribution in [3.05, 3.63) is 32.9 Å². The fourth-order valence-corrected chi connectivity index (χ4v) is 5.96. The fraction of sp³-hybridized carbons (Fsp3) is 0.630. The first-order valence-corrected chi connectivity index (χ1v) is 14.1. The van der Waals surface area contributed by atoms with E-state index in [1.165, 1.54) is 13.5 Å². The molecule has 0 spiro atoms. The molecule has 4 N–H and O–H groups in total. The van der Waals surface area contributed by atoms with Crippen molar-refractivity contribution >= 4 is 34.4 Å². The predicted molar refractivity (Wildman–Crippen MR) is 147 cm³/mol. The lowest BCUT2D eigenvalue weighted by molar-refractivity contribution is -0.139. The molecule has 206 valence electrons. The van der Waals surface area contributed by atoms with Crippen molar-refractivity contribution in [2.45, 2.75) is 76.7 Å². The summed E-state index contributed by atoms with van der Waals surface area (Å²) in [7, 11) is 1.49. The van der Waals surface area contributed by atoms with Crippen molar-refractivity contribution in [2.24, 2.45) is 5.92 Å². The van der Waals surface area contributed by atoms with Crippen LogP contribution in [0, 0.1) is 9.49 Å². The van der Waals surface area contributed by atoms with Gasteiger partial charge < -0.3 is 35.0 Å². The van der Waals surface area contributed by atoms with Crippen molar-refractivity contribution in [1.29, 1.82) is 0 Å². The van der Waals surface area contributed by atoms with Crippen molar-refractivity contribution in [1.82, 2.24) is 10.2 Å². The van der Waals surface area contributed by atoms with Crippen LogP contribution in [-0.2, 0) is 16.2 Å². The smallest absolute Gasteiger partial charge is 0.247 e. The Morgan fingerprint density at radius 2 is 1.92 bits per heavy atom. The number of ether oxygens (including phenoxy) is 2. The van der Waals surface area contributed by atoms with Gasteiger partial charge in [-0.05, 0) is 65.1 Å². The van der Waals surface area contributed by atoms with Crippen molar-refractivity contribution in [3.63, 3.8) is 0 Å². The average Bonchev–Trinajstić information content (AvgIpc) is 2.92. The summed E-state index contributed by atoms with van der Waals surface area (Å²) in [5.74, 6) is 0.717. The van der Waals surface area contributed by atoms with E-state index < -0.39 is 18.2 Å². The van der Waals surface area contributed by atoms with Crippen LogP contribution in [0.3, 0.4) is 0 Å². The number of halogens is 1. The molecular formula is C27H39IN2O7. The van der Waals surface area contributed by atoms with E-state index in [2.05, 4.69) is 27.9 Å². The van der Waals surface area contributed by atoms with Crippen LogP contribution in [0.15, 0.2) is 23.8 Å². The maximum atomic E-state index is 13.1. The van der Waals surface area contributed by atoms with Gasteiger partial charge in [-0.2, -0.15) is 0 Å². The van der Waals surface area contributed by atoms with Crippen molar-refractivity contribution in [3.8, 4) is 11.5 Å². The van der Waals surface area contributed by atoms with E-state index in [0.717, 1.165) is 25.7 Å². The Kier molecular flexibility index (Phi) is 11.5. The lowest BCUT2D eigenvalue weighted by atomic mass is 9.85. The molecule has 1 fully saturated rings. The Hall–Kier alpha value is -1.89. The highest BCUT2D eigenvalue weighted by Gasteiger charge is 2.41. The van der Waals surface area contributed by atoms with Gasteiger partial charge in [0, 0.05) is 31.5 Å². The summed E-state index contributed by atoms with van der Waals surface area (Å²) < 4.78 is 12.4. The number of hydrogen-bond acceptors (Lipinski definition) is 7. The number of hydrogen-bond donors (Lipinski definition) is 4. The molecule has 0 bridgehead atoms. The average molecular weight is 631 g/mol. The minimum atomic E-state index is -1.08. The van der Waals surface area contributed by atoms with Gasteiger partial charge in [0.05, 0.1) is 29.9 Å². The largest absolute Gasteiger partial charge is 0.493 e. The van der Waals surface area contributed by atoms with Gasteiger partial charge in [0.2, 0.25) is 11.8 Å². The van der Waals surface area contributed by atoms with Gasteiger partial charge in [-0.1, -0.05) is 26.2 Å². The molecule has 0 aliphatic heterocycles. The van der Waals surface area contributed by atoms with Crippen LogP contribution in [0.1, 0.15) is 57.4 Å². The minimum Gasteiger partial charge on any atom is -0.493 e. The lowest BCUT2D eigenvalue weighted by Crippen LogP contribution is -2.56. The molecule has 0 radical (unpaired) electrons. The molecule has 2 amide bonds. The van der Waals surface area contributed by atoms with Crippen LogP contribution in [0.25, 0.3) is 0 Å². The van der Waals surface area contributed by atoms with E-state index in [4.69, 9.17) is 9.47 Å². The highest BCUT2D eigenvalue weighted by atomic mass is 127. The molecule has 37 heavy (non-hydrogen) atoms. The number of carbonyl (C=O) groups excluding carboxylic acids is 2. The van der Waals surface area contributed by atoms with Gasteiger partial charge in [-0.3, -0.25) is 9.59 Å². The third kappa shape index (κ3) is 7.58. The molecule has 0 aromatic heterocycles. The van der Waals surface area contributed by atoms with Crippen LogP contribution >= 0.6 is 22.6 Å². The highest BCUT2D eigenvalue weighted by molar-refractivity contribution is 14.1. The molecule has 9 nitrogen and oxygen atoms in total. The third-order valence-electron chi connectivity index (χ3n) is 7.14. The van der Waals surface area contributed by atoms with E-state index in [9.17, 15) is 24.9 Å². The summed E-state index contributed by atoms with van der Waals surface area (Å²) in [6.07, 6.45) is 5.64. The summed E-state index contributed by atoms with van der Waals surface area (Å²) >= 11 is 2.08. The first kappa shape index (κ1) is 29.7. The Morgan fingerprint density at radius 3 is 2.54 bits per heavy atom. The monoisotopic (exact) mass is 630 g/mol. The first-order valence-electron chi connectivity index (χ1n) is 13.0. The molecule has 3 unspecified atom stereocenters. The minimum absolute atomic E-state index is 0.0650. The number of nitrogens with one attached hydrogen (secondary N) is 1. The van der Waals surface area contributed by atoms with Crippen LogP contribution in [-0.4, -0.2) is 77.1 Å². The number of carbonyl (C=O) groups is 2. The van der Waals surface area contributed by atoms with E-state index in [1.54, 1.807) is 30.0 Å². The summed E-state index contributed by atoms with van der Waals surface area (Å²) in [4.78, 5) is 27.8. The number of aliphatic hydroxyl groups is 3. The Balaban J connectivity index is 1.96. The number of nitrogens with zero attached hydrogens (tertiary/aromatic N) is 1. The zero-order valence-corrected chi connectivity index (χ0v) is 23.8. The molecule has 2 aliphatic carbocycles. The number of amides is 2. The van der Waals surface area contributed by atoms with Gasteiger partial charge in [-0.15, -0.1) is 0 Å². The second-order valence-electron chi connectivity index (χ2n) is 9.69. The summed E-state index contributed by atoms with van der Waals surface area (Å²) in [5.41, 5.74) is 1.05. The van der Waals surface area contributed by atoms with Crippen LogP contribution in [0.4, 0.5) is 0 Å². The topological polar surface area (TPSA) is 129 Å². The SMILES string of the molecule is CCC(=O)N(CC1CCCCC1)C1CC(C(=O)NCCO)=CC(Oc2c(I)cc(CO)cc2OC)C1O. The molecule has 0 heterocycles. The molecule has 3 atom stereocenters. The second kappa shape index (κ2) is 14.3. The van der Waals surface area contributed by atoms with E-state index >= 15 is 0 Å². The summed E-state index contributed by atoms with van der Waals surface area (Å²) in [6, 6.07) is 2.79. The molecule has 1 saturated carbocycles. The van der Waals surface area contributed by atoms with E-state index in [1.807, 2.05) is 0 Å². The predicted octanol–water partition coefficient (Wildman–Crippen LogP) is 2.53. The van der Waals surface area contributed by atoms with Crippen molar-refractivity contribution in [2.75, 3.05) is 26.8 Å². The molecule has 2 aliphatic rings. The highest BCUT2D eigenvalue weighted by Crippen LogP contribution is 2.37. The van der Waals surface area contributed by atoms with Gasteiger partial charge in [0.25, 0.3) is 0 Å². The molecule has 0 saturated heterocycles. The standard InChI is InChI=1S/C27H39IN2O7/c1-3-24(33)30(15-17-7-5-4-6-8-17)21-13-19(27(35)29-9-10-31)14-22(25(21)34)37-26-20(28)11-18(16-32)12-23(26)36-2/h11-12,14,17,21-22,25,31-32,34H,3-10,13,15-16H2,1-2H3,(H,29,35). The number of rotatable bonds is 11. The lowest BCUT2D eigenvalue weighted by Gasteiger charge is -2.42. The zero-order valence-electron chi connectivity index (χ0n) is 21.6. The van der Waals surface area contributed by atoms with Crippen molar-refractivity contribution < 1.29 is 34.4 Å². The van der Waals surface area contributed by atoms with E-state index in [-0.39, 0.29) is 38.0 Å². The number of methoxy groups -OCH3 is 1. The molecular weight excluding hydrogens is 591 g/mol. The third-order valence-corrected chi connectivity index (χ3v) is 7.94. The van der Waals surface area contributed by atoms with Gasteiger partial charge in [0.1, 0.15) is 12.2 Å². The Labute approximate surface area is 232 Å². The normalized spacial score (nSPS) is 22.2. The summed E-state index contributed by atoms with van der Waals surface area (Å²) in [6.45, 7) is 2.09. The summed E-state index contributed by atoms with van der Waals surface area (Å²) in [5, 5.41) is 33.0. The van der Waals surface area contributed by atoms with Crippen LogP contribution in [0.2, 0.25) is 0 Å². The molecule has 1 aromatic carbocycles. The van der Waals surface area contributed by atoms with Gasteiger partial charge in [0.15, 0.2) is 11.5 Å². The van der Waals surface area contributed by atoms with E-state index in [0.29, 0.717) is 45.1 Å². The molecule has 3 rings (SSSR count). The molecule has 10 heteroatoms.